The average molecular weight is 336 g/mol. The summed E-state index contributed by atoms with van der Waals surface area (Å²) in [6.07, 6.45) is 0. The van der Waals surface area contributed by atoms with Crippen molar-refractivity contribution in [2.45, 2.75) is 34.6 Å². The van der Waals surface area contributed by atoms with E-state index in [4.69, 9.17) is 0 Å². The zero-order valence-electron chi connectivity index (χ0n) is 13.5. The largest absolute Gasteiger partial charge is 0.876 e. The minimum atomic E-state index is -0.0833. The van der Waals surface area contributed by atoms with Crippen molar-refractivity contribution in [1.29, 1.82) is 0 Å². The Balaban J connectivity index is -0.0000000331. The van der Waals surface area contributed by atoms with Gasteiger partial charge in [-0.25, -0.2) is 0 Å². The van der Waals surface area contributed by atoms with Gasteiger partial charge in [-0.1, -0.05) is 34.6 Å². The Morgan fingerprint density at radius 1 is 0.429 bits per heavy atom. The number of hydrogen-bond acceptors (Lipinski definition) is 5. The monoisotopic (exact) mass is 336 g/mol. The summed E-state index contributed by atoms with van der Waals surface area (Å²) in [5, 5.41) is 46.7. The van der Waals surface area contributed by atoms with Gasteiger partial charge in [-0.3, -0.25) is 0 Å². The van der Waals surface area contributed by atoms with E-state index in [1.165, 1.54) is 34.6 Å². The van der Waals surface area contributed by atoms with E-state index in [0.717, 1.165) is 0 Å². The molecule has 0 fully saturated rings. The first-order valence-electron chi connectivity index (χ1n) is 5.29. The summed E-state index contributed by atoms with van der Waals surface area (Å²) in [4.78, 5) is 0. The normalized spacial score (nSPS) is 5.95. The maximum Gasteiger partial charge on any atom is 0 e. The Labute approximate surface area is 140 Å². The van der Waals surface area contributed by atoms with Gasteiger partial charge in [0.15, 0.2) is 0 Å². The van der Waals surface area contributed by atoms with Crippen molar-refractivity contribution in [1.82, 2.24) is 0 Å². The number of rotatable bonds is 0. The van der Waals surface area contributed by atoms with Gasteiger partial charge in [0.25, 0.3) is 0 Å². The molecule has 6 heteroatoms. The van der Waals surface area contributed by atoms with E-state index >= 15 is 0 Å². The van der Waals surface area contributed by atoms with Crippen LogP contribution in [0, 0.1) is 0 Å². The van der Waals surface area contributed by atoms with Crippen molar-refractivity contribution in [2.24, 2.45) is 0 Å². The van der Waals surface area contributed by atoms with Gasteiger partial charge in [-0.15, -0.1) is 61.7 Å². The second kappa shape index (κ2) is 31.0. The van der Waals surface area contributed by atoms with Crippen molar-refractivity contribution in [3.63, 3.8) is 0 Å². The maximum absolute atomic E-state index is 9.33. The minimum Gasteiger partial charge on any atom is -0.876 e. The van der Waals surface area contributed by atoms with E-state index in [-0.39, 0.29) is 47.4 Å². The topological polar surface area (TPSA) is 115 Å². The zero-order valence-corrected chi connectivity index (χ0v) is 14.9. The fourth-order valence-corrected chi connectivity index (χ4v) is 0. The van der Waals surface area contributed by atoms with Crippen LogP contribution in [0.25, 0.3) is 0 Å². The summed E-state index contributed by atoms with van der Waals surface area (Å²) in [5.74, 6) is -0.417. The summed E-state index contributed by atoms with van der Waals surface area (Å²) >= 11 is 0. The van der Waals surface area contributed by atoms with Crippen LogP contribution in [0.5, 0.6) is 0 Å². The molecule has 0 saturated carbocycles. The van der Waals surface area contributed by atoms with Gasteiger partial charge in [0.2, 0.25) is 0 Å². The maximum atomic E-state index is 9.33. The molecule has 21 heavy (non-hydrogen) atoms. The van der Waals surface area contributed by atoms with Crippen LogP contribution < -0.4 is 25.5 Å². The first-order chi connectivity index (χ1) is 8.66. The second-order valence-corrected chi connectivity index (χ2v) is 3.51. The first kappa shape index (κ1) is 36.5. The molecule has 0 unspecified atom stereocenters. The Hall–Kier alpha value is -1.72. The van der Waals surface area contributed by atoms with E-state index in [1.54, 1.807) is 0 Å². The summed E-state index contributed by atoms with van der Waals surface area (Å²) in [6.45, 7) is 22.1. The Morgan fingerprint density at radius 2 is 0.429 bits per heavy atom. The molecule has 0 aliphatic heterocycles. The summed E-state index contributed by atoms with van der Waals surface area (Å²) in [7, 11) is 0. The molecular weight excluding hydrogens is 311 g/mol. The Kier molecular flexibility index (Phi) is 53.8. The molecule has 0 rings (SSSR count). The molecule has 0 N–H and O–H groups in total. The van der Waals surface area contributed by atoms with Crippen molar-refractivity contribution >= 4 is 0 Å². The SMILES string of the molecule is C=C(C)[O-].C=C(C)[O-].C=C(C)[O-].C=C(C)[O-].C=C(C)[O-].[V]. The van der Waals surface area contributed by atoms with E-state index < -0.39 is 0 Å². The van der Waals surface area contributed by atoms with Crippen LogP contribution in [0.4, 0.5) is 0 Å². The third-order valence-corrected chi connectivity index (χ3v) is 0. The standard InChI is InChI=1S/5C3H6O.V/c5*1-3(2)4;/h5*4H,1H2,2H3;/p-5. The van der Waals surface area contributed by atoms with Crippen LogP contribution >= 0.6 is 0 Å². The van der Waals surface area contributed by atoms with Gasteiger partial charge in [0, 0.05) is 18.6 Å². The van der Waals surface area contributed by atoms with Crippen LogP contribution in [0.2, 0.25) is 0 Å². The van der Waals surface area contributed by atoms with Crippen LogP contribution in [0.15, 0.2) is 61.7 Å². The predicted octanol–water partition coefficient (Wildman–Crippen LogP) is -0.601. The fourth-order valence-electron chi connectivity index (χ4n) is 0. The van der Waals surface area contributed by atoms with Crippen LogP contribution in [0.3, 0.4) is 0 Å². The Morgan fingerprint density at radius 3 is 0.429 bits per heavy atom. The average Bonchev–Trinajstić information content (AvgIpc) is 1.94. The molecule has 0 atom stereocenters. The first-order valence-corrected chi connectivity index (χ1v) is 5.29. The number of allylic oxidation sites excluding steroid dienone is 5. The molecule has 0 bridgehead atoms. The summed E-state index contributed by atoms with van der Waals surface area (Å²) in [6, 6.07) is 0. The smallest absolute Gasteiger partial charge is 0 e. The van der Waals surface area contributed by atoms with Crippen LogP contribution in [-0.2, 0) is 18.6 Å². The molecule has 0 amide bonds. The fraction of sp³-hybridized carbons (Fsp3) is 0.333. The van der Waals surface area contributed by atoms with Gasteiger partial charge in [0.05, 0.1) is 0 Å². The third-order valence-electron chi connectivity index (χ3n) is 0. The van der Waals surface area contributed by atoms with E-state index in [2.05, 4.69) is 32.9 Å². The predicted molar refractivity (Wildman–Crippen MR) is 74.1 cm³/mol. The summed E-state index contributed by atoms with van der Waals surface area (Å²) < 4.78 is 0. The second-order valence-electron chi connectivity index (χ2n) is 3.51. The van der Waals surface area contributed by atoms with Gasteiger partial charge in [0.1, 0.15) is 0 Å². The van der Waals surface area contributed by atoms with Crippen molar-refractivity contribution < 1.29 is 44.1 Å². The van der Waals surface area contributed by atoms with Gasteiger partial charge >= 0.3 is 0 Å². The molecule has 0 aromatic carbocycles. The molecule has 5 nitrogen and oxygen atoms in total. The van der Waals surface area contributed by atoms with Gasteiger partial charge in [-0.2, -0.15) is 0 Å². The third kappa shape index (κ3) is 1650. The van der Waals surface area contributed by atoms with E-state index in [0.29, 0.717) is 0 Å². The molecular formula is C15H25O5V-5. The van der Waals surface area contributed by atoms with Gasteiger partial charge in [-0.05, 0) is 0 Å². The zero-order chi connectivity index (χ0) is 17.9. The van der Waals surface area contributed by atoms with Gasteiger partial charge < -0.3 is 25.5 Å². The molecule has 0 aliphatic carbocycles. The summed E-state index contributed by atoms with van der Waals surface area (Å²) in [5.41, 5.74) is 0. The quantitative estimate of drug-likeness (QED) is 0.548. The molecule has 0 saturated heterocycles. The molecule has 0 aliphatic rings. The molecule has 0 spiro atoms. The van der Waals surface area contributed by atoms with Crippen molar-refractivity contribution in [2.75, 3.05) is 0 Å². The van der Waals surface area contributed by atoms with E-state index in [1.807, 2.05) is 0 Å². The molecule has 125 valence electrons. The van der Waals surface area contributed by atoms with Crippen molar-refractivity contribution in [3.05, 3.63) is 61.7 Å². The van der Waals surface area contributed by atoms with E-state index in [9.17, 15) is 25.5 Å². The number of hydrogen-bond donors (Lipinski definition) is 0. The molecule has 0 heterocycles. The Bertz CT molecular complexity index is 207. The molecule has 0 aromatic heterocycles. The minimum absolute atomic E-state index is 0. The van der Waals surface area contributed by atoms with Crippen LogP contribution in [-0.4, -0.2) is 0 Å². The van der Waals surface area contributed by atoms with Crippen molar-refractivity contribution in [3.8, 4) is 0 Å². The molecule has 0 aromatic rings. The molecule has 1 radical (unpaired) electrons. The van der Waals surface area contributed by atoms with Crippen LogP contribution in [0.1, 0.15) is 34.6 Å².